The Bertz CT molecular complexity index is 696. The number of ether oxygens (including phenoxy) is 1. The molecule has 0 atom stereocenters. The SMILES string of the molecule is CCCOC(=O)c1ccc(CSCC(=O)Nc2ccc(C)cc2)cc1. The molecule has 1 N–H and O–H groups in total. The van der Waals surface area contributed by atoms with E-state index < -0.39 is 0 Å². The minimum atomic E-state index is -0.293. The number of amides is 1. The second kappa shape index (κ2) is 9.89. The van der Waals surface area contributed by atoms with E-state index >= 15 is 0 Å². The lowest BCUT2D eigenvalue weighted by atomic mass is 10.1. The molecule has 0 radical (unpaired) electrons. The van der Waals surface area contributed by atoms with E-state index in [1.54, 1.807) is 12.1 Å². The highest BCUT2D eigenvalue weighted by atomic mass is 32.2. The van der Waals surface area contributed by atoms with Crippen LogP contribution in [-0.4, -0.2) is 24.2 Å². The molecule has 0 unspecified atom stereocenters. The van der Waals surface area contributed by atoms with Crippen LogP contribution in [0.25, 0.3) is 0 Å². The molecule has 132 valence electrons. The molecule has 0 spiro atoms. The summed E-state index contributed by atoms with van der Waals surface area (Å²) >= 11 is 1.54. The molecule has 4 nitrogen and oxygen atoms in total. The predicted octanol–water partition coefficient (Wildman–Crippen LogP) is 4.43. The van der Waals surface area contributed by atoms with Gasteiger partial charge in [-0.25, -0.2) is 4.79 Å². The molecule has 5 heteroatoms. The van der Waals surface area contributed by atoms with Crippen molar-refractivity contribution in [1.82, 2.24) is 0 Å². The average Bonchev–Trinajstić information content (AvgIpc) is 2.62. The molecule has 0 heterocycles. The number of rotatable bonds is 8. The summed E-state index contributed by atoms with van der Waals surface area (Å²) in [5, 5.41) is 2.88. The third-order valence-corrected chi connectivity index (χ3v) is 4.47. The molecule has 0 aliphatic carbocycles. The molecular weight excluding hydrogens is 334 g/mol. The van der Waals surface area contributed by atoms with E-state index in [1.165, 1.54) is 11.8 Å². The van der Waals surface area contributed by atoms with Crippen molar-refractivity contribution in [2.75, 3.05) is 17.7 Å². The second-order valence-electron chi connectivity index (χ2n) is 5.74. The van der Waals surface area contributed by atoms with Crippen molar-refractivity contribution in [2.45, 2.75) is 26.0 Å². The minimum absolute atomic E-state index is 0.0198. The molecule has 0 aromatic heterocycles. The molecule has 2 aromatic rings. The fourth-order valence-corrected chi connectivity index (χ4v) is 2.90. The van der Waals surface area contributed by atoms with E-state index in [4.69, 9.17) is 4.74 Å². The van der Waals surface area contributed by atoms with Crippen LogP contribution in [0.4, 0.5) is 5.69 Å². The second-order valence-corrected chi connectivity index (χ2v) is 6.73. The Hall–Kier alpha value is -2.27. The summed E-state index contributed by atoms with van der Waals surface area (Å²) in [5.41, 5.74) is 3.60. The molecule has 0 bridgehead atoms. The monoisotopic (exact) mass is 357 g/mol. The zero-order chi connectivity index (χ0) is 18.1. The van der Waals surface area contributed by atoms with Gasteiger partial charge in [-0.15, -0.1) is 11.8 Å². The van der Waals surface area contributed by atoms with Gasteiger partial charge in [0.25, 0.3) is 0 Å². The smallest absolute Gasteiger partial charge is 0.338 e. The maximum absolute atomic E-state index is 11.9. The molecule has 0 saturated carbocycles. The van der Waals surface area contributed by atoms with Crippen molar-refractivity contribution in [3.05, 3.63) is 65.2 Å². The van der Waals surface area contributed by atoms with Crippen molar-refractivity contribution >= 4 is 29.3 Å². The normalized spacial score (nSPS) is 10.3. The summed E-state index contributed by atoms with van der Waals surface area (Å²) in [7, 11) is 0. The van der Waals surface area contributed by atoms with Crippen LogP contribution < -0.4 is 5.32 Å². The first-order chi connectivity index (χ1) is 12.1. The van der Waals surface area contributed by atoms with Crippen LogP contribution in [0.15, 0.2) is 48.5 Å². The van der Waals surface area contributed by atoms with Gasteiger partial charge in [0.2, 0.25) is 5.91 Å². The Kier molecular flexibility index (Phi) is 7.54. The van der Waals surface area contributed by atoms with Crippen molar-refractivity contribution in [3.63, 3.8) is 0 Å². The van der Waals surface area contributed by atoms with Gasteiger partial charge in [-0.2, -0.15) is 0 Å². The quantitative estimate of drug-likeness (QED) is 0.710. The molecular formula is C20H23NO3S. The van der Waals surface area contributed by atoms with Gasteiger partial charge in [0.1, 0.15) is 0 Å². The lowest BCUT2D eigenvalue weighted by Gasteiger charge is -2.06. The highest BCUT2D eigenvalue weighted by Crippen LogP contribution is 2.15. The number of hydrogen-bond donors (Lipinski definition) is 1. The van der Waals surface area contributed by atoms with E-state index in [0.717, 1.165) is 23.2 Å². The fourth-order valence-electron chi connectivity index (χ4n) is 2.11. The maximum atomic E-state index is 11.9. The lowest BCUT2D eigenvalue weighted by molar-refractivity contribution is -0.113. The van der Waals surface area contributed by atoms with Crippen molar-refractivity contribution in [2.24, 2.45) is 0 Å². The summed E-state index contributed by atoms with van der Waals surface area (Å²) in [5.74, 6) is 0.784. The first kappa shape index (κ1) is 19.1. The Morgan fingerprint density at radius 1 is 1.04 bits per heavy atom. The topological polar surface area (TPSA) is 55.4 Å². The zero-order valence-corrected chi connectivity index (χ0v) is 15.4. The highest BCUT2D eigenvalue weighted by molar-refractivity contribution is 7.99. The summed E-state index contributed by atoms with van der Waals surface area (Å²) in [6.07, 6.45) is 0.811. The summed E-state index contributed by atoms with van der Waals surface area (Å²) < 4.78 is 5.10. The van der Waals surface area contributed by atoms with Crippen LogP contribution in [0, 0.1) is 6.92 Å². The number of nitrogens with one attached hydrogen (secondary N) is 1. The number of esters is 1. The molecule has 0 aliphatic rings. The molecule has 0 saturated heterocycles. The Morgan fingerprint density at radius 3 is 2.36 bits per heavy atom. The first-order valence-corrected chi connectivity index (χ1v) is 9.44. The molecule has 25 heavy (non-hydrogen) atoms. The van der Waals surface area contributed by atoms with Gasteiger partial charge in [-0.3, -0.25) is 4.79 Å². The fraction of sp³-hybridized carbons (Fsp3) is 0.300. The van der Waals surface area contributed by atoms with Gasteiger partial charge in [0, 0.05) is 11.4 Å². The molecule has 0 fully saturated rings. The van der Waals surface area contributed by atoms with Gasteiger partial charge in [0.05, 0.1) is 17.9 Å². The van der Waals surface area contributed by atoms with E-state index in [2.05, 4.69) is 5.32 Å². The van der Waals surface area contributed by atoms with Gasteiger partial charge in [0.15, 0.2) is 0 Å². The van der Waals surface area contributed by atoms with Crippen molar-refractivity contribution < 1.29 is 14.3 Å². The van der Waals surface area contributed by atoms with Crippen LogP contribution >= 0.6 is 11.8 Å². The number of aryl methyl sites for hydroxylation is 1. The molecule has 2 aromatic carbocycles. The minimum Gasteiger partial charge on any atom is -0.462 e. The van der Waals surface area contributed by atoms with E-state index in [1.807, 2.05) is 50.2 Å². The number of carbonyl (C=O) groups excluding carboxylic acids is 2. The first-order valence-electron chi connectivity index (χ1n) is 8.29. The van der Waals surface area contributed by atoms with Crippen LogP contribution in [0.1, 0.15) is 34.8 Å². The number of anilines is 1. The van der Waals surface area contributed by atoms with Gasteiger partial charge < -0.3 is 10.1 Å². The van der Waals surface area contributed by atoms with E-state index in [9.17, 15) is 9.59 Å². The third kappa shape index (κ3) is 6.63. The molecule has 0 aliphatic heterocycles. The summed E-state index contributed by atoms with van der Waals surface area (Å²) in [4.78, 5) is 23.7. The Balaban J connectivity index is 1.74. The molecule has 2 rings (SSSR count). The van der Waals surface area contributed by atoms with Crippen LogP contribution in [0.5, 0.6) is 0 Å². The van der Waals surface area contributed by atoms with E-state index in [-0.39, 0.29) is 11.9 Å². The number of benzene rings is 2. The summed E-state index contributed by atoms with van der Waals surface area (Å²) in [6.45, 7) is 4.41. The largest absolute Gasteiger partial charge is 0.462 e. The Morgan fingerprint density at radius 2 is 1.72 bits per heavy atom. The lowest BCUT2D eigenvalue weighted by Crippen LogP contribution is -2.14. The maximum Gasteiger partial charge on any atom is 0.338 e. The van der Waals surface area contributed by atoms with Crippen molar-refractivity contribution in [1.29, 1.82) is 0 Å². The third-order valence-electron chi connectivity index (χ3n) is 3.46. The van der Waals surface area contributed by atoms with Crippen molar-refractivity contribution in [3.8, 4) is 0 Å². The molecule has 1 amide bonds. The van der Waals surface area contributed by atoms with Crippen LogP contribution in [0.2, 0.25) is 0 Å². The average molecular weight is 357 g/mol. The number of carbonyl (C=O) groups is 2. The van der Waals surface area contributed by atoms with Crippen LogP contribution in [0.3, 0.4) is 0 Å². The van der Waals surface area contributed by atoms with E-state index in [0.29, 0.717) is 23.7 Å². The zero-order valence-electron chi connectivity index (χ0n) is 14.6. The number of thioether (sulfide) groups is 1. The van der Waals surface area contributed by atoms with Gasteiger partial charge in [-0.05, 0) is 43.2 Å². The van der Waals surface area contributed by atoms with Gasteiger partial charge >= 0.3 is 5.97 Å². The Labute approximate surface area is 153 Å². The highest BCUT2D eigenvalue weighted by Gasteiger charge is 2.07. The predicted molar refractivity (Wildman–Crippen MR) is 103 cm³/mol. The number of hydrogen-bond acceptors (Lipinski definition) is 4. The summed E-state index contributed by atoms with van der Waals surface area (Å²) in [6, 6.07) is 15.1. The van der Waals surface area contributed by atoms with Crippen LogP contribution in [-0.2, 0) is 15.3 Å². The van der Waals surface area contributed by atoms with Gasteiger partial charge in [-0.1, -0.05) is 36.8 Å². The standard InChI is InChI=1S/C20H23NO3S/c1-3-12-24-20(23)17-8-6-16(7-9-17)13-25-14-19(22)21-18-10-4-15(2)5-11-18/h4-11H,3,12-14H2,1-2H3,(H,21,22).